The number of nitrogens with one attached hydrogen (secondary N) is 1. The van der Waals surface area contributed by atoms with Gasteiger partial charge in [0.25, 0.3) is 0 Å². The summed E-state index contributed by atoms with van der Waals surface area (Å²) in [5, 5.41) is 12.5. The van der Waals surface area contributed by atoms with Crippen LogP contribution in [0.5, 0.6) is 0 Å². The molecule has 1 aromatic heterocycles. The van der Waals surface area contributed by atoms with Gasteiger partial charge >= 0.3 is 5.97 Å². The number of carboxylic acid groups (broad SMARTS) is 1. The van der Waals surface area contributed by atoms with Gasteiger partial charge in [0.05, 0.1) is 5.69 Å². The molecule has 2 N–H and O–H groups in total. The van der Waals surface area contributed by atoms with E-state index in [0.29, 0.717) is 23.8 Å². The molecular formula is C13H19N3O3S. The number of hydrogen-bond acceptors (Lipinski definition) is 5. The predicted molar refractivity (Wildman–Crippen MR) is 77.3 cm³/mol. The minimum absolute atomic E-state index is 0.156. The van der Waals surface area contributed by atoms with Crippen molar-refractivity contribution in [3.63, 3.8) is 0 Å². The summed E-state index contributed by atoms with van der Waals surface area (Å²) in [6.07, 6.45) is 3.80. The van der Waals surface area contributed by atoms with Crippen LogP contribution in [0.4, 0.5) is 5.13 Å². The van der Waals surface area contributed by atoms with Gasteiger partial charge in [-0.25, -0.2) is 9.78 Å². The maximum Gasteiger partial charge on any atom is 0.347 e. The lowest BCUT2D eigenvalue weighted by Crippen LogP contribution is -2.36. The highest BCUT2D eigenvalue weighted by Gasteiger charge is 2.17. The largest absolute Gasteiger partial charge is 0.477 e. The van der Waals surface area contributed by atoms with Crippen LogP contribution in [0.25, 0.3) is 0 Å². The molecule has 1 saturated heterocycles. The molecule has 7 heteroatoms. The fourth-order valence-corrected chi connectivity index (χ4v) is 3.08. The molecule has 0 aliphatic carbocycles. The third-order valence-electron chi connectivity index (χ3n) is 3.31. The summed E-state index contributed by atoms with van der Waals surface area (Å²) in [6, 6.07) is 0. The summed E-state index contributed by atoms with van der Waals surface area (Å²) in [4.78, 5) is 29.1. The van der Waals surface area contributed by atoms with Crippen LogP contribution in [0.15, 0.2) is 0 Å². The Labute approximate surface area is 121 Å². The van der Waals surface area contributed by atoms with Gasteiger partial charge in [0, 0.05) is 26.1 Å². The number of aromatic nitrogens is 1. The monoisotopic (exact) mass is 297 g/mol. The summed E-state index contributed by atoms with van der Waals surface area (Å²) in [7, 11) is 0. The summed E-state index contributed by atoms with van der Waals surface area (Å²) in [6.45, 7) is 3.88. The molecule has 2 heterocycles. The van der Waals surface area contributed by atoms with Crippen LogP contribution >= 0.6 is 11.3 Å². The number of hydrogen-bond donors (Lipinski definition) is 2. The fraction of sp³-hybridized carbons (Fsp3) is 0.615. The van der Waals surface area contributed by atoms with Crippen molar-refractivity contribution in [1.82, 2.24) is 9.88 Å². The first-order valence-electron chi connectivity index (χ1n) is 6.80. The Hall–Kier alpha value is -1.63. The molecule has 6 nitrogen and oxygen atoms in total. The zero-order valence-corrected chi connectivity index (χ0v) is 12.3. The number of rotatable bonds is 5. The van der Waals surface area contributed by atoms with Crippen LogP contribution in [0.2, 0.25) is 0 Å². The maximum atomic E-state index is 11.9. The summed E-state index contributed by atoms with van der Waals surface area (Å²) >= 11 is 1.11. The Kier molecular flexibility index (Phi) is 4.94. The number of nitrogens with zero attached hydrogens (tertiary/aromatic N) is 2. The van der Waals surface area contributed by atoms with Crippen LogP contribution in [-0.4, -0.2) is 46.5 Å². The van der Waals surface area contributed by atoms with Crippen molar-refractivity contribution < 1.29 is 14.7 Å². The number of likely N-dealkylation sites (tertiary alicyclic amines) is 1. The van der Waals surface area contributed by atoms with E-state index in [-0.39, 0.29) is 10.8 Å². The number of aromatic carboxylic acids is 1. The number of anilines is 1. The minimum atomic E-state index is -0.961. The number of carboxylic acids is 1. The first kappa shape index (κ1) is 14.8. The van der Waals surface area contributed by atoms with Crippen molar-refractivity contribution in [1.29, 1.82) is 0 Å². The number of piperidine rings is 1. The van der Waals surface area contributed by atoms with Crippen LogP contribution in [0, 0.1) is 6.92 Å². The van der Waals surface area contributed by atoms with E-state index in [1.165, 1.54) is 6.42 Å². The van der Waals surface area contributed by atoms with Gasteiger partial charge in [-0.05, 0) is 26.2 Å². The number of amides is 1. The molecule has 110 valence electrons. The van der Waals surface area contributed by atoms with E-state index in [1.54, 1.807) is 6.92 Å². The zero-order chi connectivity index (χ0) is 14.5. The lowest BCUT2D eigenvalue weighted by molar-refractivity contribution is -0.131. The lowest BCUT2D eigenvalue weighted by Gasteiger charge is -2.26. The molecule has 1 aliphatic heterocycles. The van der Waals surface area contributed by atoms with E-state index >= 15 is 0 Å². The van der Waals surface area contributed by atoms with Crippen LogP contribution < -0.4 is 5.32 Å². The van der Waals surface area contributed by atoms with Gasteiger partial charge in [-0.1, -0.05) is 11.3 Å². The van der Waals surface area contributed by atoms with Crippen molar-refractivity contribution >= 4 is 28.3 Å². The van der Waals surface area contributed by atoms with Gasteiger partial charge in [-0.15, -0.1) is 0 Å². The van der Waals surface area contributed by atoms with Gasteiger partial charge in [0.15, 0.2) is 5.13 Å². The molecule has 0 aromatic carbocycles. The predicted octanol–water partition coefficient (Wildman–Crippen LogP) is 1.96. The van der Waals surface area contributed by atoms with Crippen molar-refractivity contribution in [3.8, 4) is 0 Å². The minimum Gasteiger partial charge on any atom is -0.477 e. The number of carbonyl (C=O) groups is 2. The van der Waals surface area contributed by atoms with Crippen molar-refractivity contribution in [2.45, 2.75) is 32.6 Å². The van der Waals surface area contributed by atoms with Gasteiger partial charge < -0.3 is 15.3 Å². The van der Waals surface area contributed by atoms with Crippen molar-refractivity contribution in [2.24, 2.45) is 0 Å². The van der Waals surface area contributed by atoms with Gasteiger partial charge in [-0.2, -0.15) is 0 Å². The third-order valence-corrected chi connectivity index (χ3v) is 4.42. The normalized spacial score (nSPS) is 15.2. The van der Waals surface area contributed by atoms with E-state index in [4.69, 9.17) is 5.11 Å². The van der Waals surface area contributed by atoms with Crippen LogP contribution in [0.1, 0.15) is 41.0 Å². The summed E-state index contributed by atoms with van der Waals surface area (Å²) in [5.41, 5.74) is 0.507. The summed E-state index contributed by atoms with van der Waals surface area (Å²) in [5.74, 6) is -0.804. The number of carbonyl (C=O) groups excluding carboxylic acids is 1. The van der Waals surface area contributed by atoms with Gasteiger partial charge in [-0.3, -0.25) is 4.79 Å². The second-order valence-corrected chi connectivity index (χ2v) is 5.86. The first-order valence-corrected chi connectivity index (χ1v) is 7.62. The Morgan fingerprint density at radius 1 is 1.35 bits per heavy atom. The highest BCUT2D eigenvalue weighted by atomic mass is 32.1. The molecule has 0 atom stereocenters. The van der Waals surface area contributed by atoms with Crippen LogP contribution in [0.3, 0.4) is 0 Å². The SMILES string of the molecule is Cc1nc(NCCC(=O)N2CCCCC2)sc1C(=O)O. The molecule has 0 radical (unpaired) electrons. The Balaban J connectivity index is 1.79. The quantitative estimate of drug-likeness (QED) is 0.868. The Morgan fingerprint density at radius 3 is 2.65 bits per heavy atom. The van der Waals surface area contributed by atoms with Crippen LogP contribution in [-0.2, 0) is 4.79 Å². The second-order valence-electron chi connectivity index (χ2n) is 4.86. The smallest absolute Gasteiger partial charge is 0.347 e. The highest BCUT2D eigenvalue weighted by molar-refractivity contribution is 7.17. The van der Waals surface area contributed by atoms with E-state index in [0.717, 1.165) is 37.3 Å². The van der Waals surface area contributed by atoms with Crippen molar-refractivity contribution in [2.75, 3.05) is 25.0 Å². The topological polar surface area (TPSA) is 82.5 Å². The van der Waals surface area contributed by atoms with E-state index in [1.807, 2.05) is 4.90 Å². The molecular weight excluding hydrogens is 278 g/mol. The molecule has 20 heavy (non-hydrogen) atoms. The molecule has 0 unspecified atom stereocenters. The zero-order valence-electron chi connectivity index (χ0n) is 11.5. The molecule has 0 spiro atoms. The average Bonchev–Trinajstić information content (AvgIpc) is 2.81. The maximum absolute atomic E-state index is 11.9. The first-order chi connectivity index (χ1) is 9.58. The Morgan fingerprint density at radius 2 is 2.05 bits per heavy atom. The van der Waals surface area contributed by atoms with E-state index < -0.39 is 5.97 Å². The van der Waals surface area contributed by atoms with Gasteiger partial charge in [0.1, 0.15) is 4.88 Å². The molecule has 1 aliphatic rings. The van der Waals surface area contributed by atoms with E-state index in [2.05, 4.69) is 10.3 Å². The molecule has 2 rings (SSSR count). The Bertz CT molecular complexity index is 495. The van der Waals surface area contributed by atoms with Gasteiger partial charge in [0.2, 0.25) is 5.91 Å². The fourth-order valence-electron chi connectivity index (χ4n) is 2.25. The van der Waals surface area contributed by atoms with Crippen molar-refractivity contribution in [3.05, 3.63) is 10.6 Å². The lowest BCUT2D eigenvalue weighted by atomic mass is 10.1. The molecule has 1 fully saturated rings. The molecule has 0 saturated carbocycles. The third kappa shape index (κ3) is 3.69. The number of aryl methyl sites for hydroxylation is 1. The second kappa shape index (κ2) is 6.69. The summed E-state index contributed by atoms with van der Waals surface area (Å²) < 4.78 is 0. The van der Waals surface area contributed by atoms with E-state index in [9.17, 15) is 9.59 Å². The standard InChI is InChI=1S/C13H19N3O3S/c1-9-11(12(18)19)20-13(15-9)14-6-5-10(17)16-7-3-2-4-8-16/h2-8H2,1H3,(H,14,15)(H,18,19). The molecule has 1 amide bonds. The molecule has 0 bridgehead atoms. The molecule has 1 aromatic rings. The highest BCUT2D eigenvalue weighted by Crippen LogP contribution is 2.22. The average molecular weight is 297 g/mol. The number of thiazole rings is 1.